The van der Waals surface area contributed by atoms with Crippen molar-refractivity contribution in [3.05, 3.63) is 0 Å². The van der Waals surface area contributed by atoms with Gasteiger partial charge < -0.3 is 14.2 Å². The largest absolute Gasteiger partial charge is 0.353 e. The van der Waals surface area contributed by atoms with E-state index in [1.807, 2.05) is 13.8 Å². The molecule has 0 N–H and O–H groups in total. The second-order valence-corrected chi connectivity index (χ2v) is 7.93. The summed E-state index contributed by atoms with van der Waals surface area (Å²) in [5.74, 6) is -5.61. The first-order valence-corrected chi connectivity index (χ1v) is 8.93. The van der Waals surface area contributed by atoms with E-state index in [1.54, 1.807) is 13.8 Å². The molecule has 4 saturated heterocycles. The Morgan fingerprint density at radius 3 is 2.62 bits per heavy atom. The highest BCUT2D eigenvalue weighted by Crippen LogP contribution is 2.63. The summed E-state index contributed by atoms with van der Waals surface area (Å²) in [4.78, 5) is 11.4. The van der Waals surface area contributed by atoms with E-state index in [0.717, 1.165) is 0 Å². The first-order chi connectivity index (χ1) is 11.2. The molecule has 7 heteroatoms. The third kappa shape index (κ3) is 2.14. The van der Waals surface area contributed by atoms with Gasteiger partial charge >= 0.3 is 0 Å². The maximum atomic E-state index is 14.8. The molecule has 0 aromatic heterocycles. The summed E-state index contributed by atoms with van der Waals surface area (Å²) in [6.45, 7) is 7.58. The van der Waals surface area contributed by atoms with Gasteiger partial charge in [-0.05, 0) is 20.3 Å². The van der Waals surface area contributed by atoms with Crippen LogP contribution in [-0.4, -0.2) is 36.5 Å². The predicted molar refractivity (Wildman–Crippen MR) is 78.8 cm³/mol. The van der Waals surface area contributed by atoms with Gasteiger partial charge in [0.15, 0.2) is 18.2 Å². The number of hydrogen-bond donors (Lipinski definition) is 0. The van der Waals surface area contributed by atoms with Crippen LogP contribution in [0, 0.1) is 23.7 Å². The molecule has 24 heavy (non-hydrogen) atoms. The first-order valence-electron chi connectivity index (χ1n) is 8.93. The maximum Gasteiger partial charge on any atom is 0.251 e. The molecule has 1 spiro atoms. The van der Waals surface area contributed by atoms with Gasteiger partial charge in [-0.3, -0.25) is 0 Å². The molecule has 5 rings (SSSR count). The average Bonchev–Trinajstić information content (AvgIpc) is 2.74. The summed E-state index contributed by atoms with van der Waals surface area (Å²) in [7, 11) is 0. The minimum absolute atomic E-state index is 0.239. The molecular formula is C17H26F2O5. The second-order valence-electron chi connectivity index (χ2n) is 7.93. The lowest BCUT2D eigenvalue weighted by atomic mass is 9.57. The Morgan fingerprint density at radius 1 is 1.17 bits per heavy atom. The Balaban J connectivity index is 1.80. The van der Waals surface area contributed by atoms with Crippen LogP contribution in [0.2, 0.25) is 0 Å². The molecule has 5 nitrogen and oxygen atoms in total. The lowest BCUT2D eigenvalue weighted by molar-refractivity contribution is -0.580. The lowest BCUT2D eigenvalue weighted by Gasteiger charge is -2.61. The van der Waals surface area contributed by atoms with Gasteiger partial charge in [0, 0.05) is 43.1 Å². The minimum Gasteiger partial charge on any atom is -0.353 e. The van der Waals surface area contributed by atoms with Gasteiger partial charge in [0.2, 0.25) is 5.79 Å². The van der Waals surface area contributed by atoms with Gasteiger partial charge in [0.05, 0.1) is 0 Å². The fourth-order valence-corrected chi connectivity index (χ4v) is 5.13. The van der Waals surface area contributed by atoms with Crippen molar-refractivity contribution in [2.24, 2.45) is 23.7 Å². The molecule has 5 aliphatic rings. The van der Waals surface area contributed by atoms with Crippen LogP contribution in [0.5, 0.6) is 0 Å². The normalized spacial score (nSPS) is 55.8. The van der Waals surface area contributed by atoms with E-state index < -0.39 is 41.7 Å². The Hall–Kier alpha value is -0.340. The van der Waals surface area contributed by atoms with E-state index in [1.165, 1.54) is 0 Å². The van der Waals surface area contributed by atoms with E-state index in [4.69, 9.17) is 24.0 Å². The highest BCUT2D eigenvalue weighted by molar-refractivity contribution is 5.12. The fourth-order valence-electron chi connectivity index (χ4n) is 5.13. The number of ether oxygens (including phenoxy) is 3. The average molecular weight is 348 g/mol. The Kier molecular flexibility index (Phi) is 3.80. The summed E-state index contributed by atoms with van der Waals surface area (Å²) < 4.78 is 47.4. The quantitative estimate of drug-likeness (QED) is 0.715. The number of rotatable bonds is 2. The second kappa shape index (κ2) is 5.33. The molecule has 1 saturated carbocycles. The summed E-state index contributed by atoms with van der Waals surface area (Å²) in [6.07, 6.45) is -0.527. The maximum absolute atomic E-state index is 14.8. The lowest BCUT2D eigenvalue weighted by Crippen LogP contribution is -2.72. The van der Waals surface area contributed by atoms with Gasteiger partial charge in [-0.15, -0.1) is 0 Å². The molecule has 0 aromatic rings. The van der Waals surface area contributed by atoms with Crippen molar-refractivity contribution in [1.82, 2.24) is 0 Å². The molecular weight excluding hydrogens is 322 g/mol. The van der Waals surface area contributed by atoms with Crippen LogP contribution >= 0.6 is 0 Å². The van der Waals surface area contributed by atoms with Crippen molar-refractivity contribution in [3.63, 3.8) is 0 Å². The zero-order chi connectivity index (χ0) is 17.3. The summed E-state index contributed by atoms with van der Waals surface area (Å²) >= 11 is 0. The van der Waals surface area contributed by atoms with Crippen LogP contribution in [-0.2, 0) is 24.0 Å². The minimum atomic E-state index is -2.75. The van der Waals surface area contributed by atoms with E-state index in [0.29, 0.717) is 19.4 Å². The summed E-state index contributed by atoms with van der Waals surface area (Å²) in [5.41, 5.74) is -0.996. The van der Waals surface area contributed by atoms with Crippen LogP contribution in [0.25, 0.3) is 0 Å². The monoisotopic (exact) mass is 348 g/mol. The van der Waals surface area contributed by atoms with Gasteiger partial charge in [-0.2, -0.15) is 0 Å². The Labute approximate surface area is 140 Å². The van der Waals surface area contributed by atoms with E-state index in [9.17, 15) is 8.78 Å². The SMILES string of the molecule is CCO[C@H]1O[C@@H]2O[C@@]3(C)CC[C@H]4[C@H](C)C(F)(F)C[C@@H]([C@H]1C)[C@@]24OO3. The van der Waals surface area contributed by atoms with Crippen molar-refractivity contribution in [1.29, 1.82) is 0 Å². The van der Waals surface area contributed by atoms with Gasteiger partial charge in [-0.1, -0.05) is 13.8 Å². The zero-order valence-electron chi connectivity index (χ0n) is 14.6. The molecule has 0 amide bonds. The highest BCUT2D eigenvalue weighted by Gasteiger charge is 2.73. The summed E-state index contributed by atoms with van der Waals surface area (Å²) in [5, 5.41) is 0. The molecule has 2 bridgehead atoms. The third-order valence-electron chi connectivity index (χ3n) is 6.57. The summed E-state index contributed by atoms with van der Waals surface area (Å²) in [6, 6.07) is 0. The topological polar surface area (TPSA) is 46.2 Å². The van der Waals surface area contributed by atoms with Crippen LogP contribution < -0.4 is 0 Å². The number of fused-ring (bicyclic) bond motifs is 2. The van der Waals surface area contributed by atoms with Crippen LogP contribution in [0.15, 0.2) is 0 Å². The number of halogens is 2. The highest BCUT2D eigenvalue weighted by atomic mass is 19.3. The van der Waals surface area contributed by atoms with Crippen molar-refractivity contribution in [2.75, 3.05) is 6.61 Å². The van der Waals surface area contributed by atoms with E-state index in [-0.39, 0.29) is 18.3 Å². The molecule has 0 radical (unpaired) electrons. The molecule has 0 unspecified atom stereocenters. The fraction of sp³-hybridized carbons (Fsp3) is 1.00. The molecule has 8 atom stereocenters. The van der Waals surface area contributed by atoms with Gasteiger partial charge in [0.25, 0.3) is 5.92 Å². The van der Waals surface area contributed by atoms with Crippen molar-refractivity contribution < 1.29 is 32.8 Å². The van der Waals surface area contributed by atoms with Gasteiger partial charge in [-0.25, -0.2) is 18.6 Å². The molecule has 0 aromatic carbocycles. The molecule has 138 valence electrons. The smallest absolute Gasteiger partial charge is 0.251 e. The Bertz CT molecular complexity index is 517. The van der Waals surface area contributed by atoms with Crippen molar-refractivity contribution >= 4 is 0 Å². The standard InChI is InChI=1S/C17H26F2O5/c1-5-20-13-9(2)12-8-16(18,19)10(3)11-6-7-15(4)22-14(21-13)17(11,12)24-23-15/h9-14H,5-8H2,1-4H3/t9-,10+,11+,12+,13+,14-,15-,17-/m1/s1. The molecule has 5 fully saturated rings. The van der Waals surface area contributed by atoms with Crippen LogP contribution in [0.4, 0.5) is 8.78 Å². The predicted octanol–water partition coefficient (Wildman–Crippen LogP) is 3.48. The van der Waals surface area contributed by atoms with Crippen LogP contribution in [0.3, 0.4) is 0 Å². The van der Waals surface area contributed by atoms with E-state index >= 15 is 0 Å². The van der Waals surface area contributed by atoms with Crippen molar-refractivity contribution in [3.8, 4) is 0 Å². The van der Waals surface area contributed by atoms with Crippen molar-refractivity contribution in [2.45, 2.75) is 76.8 Å². The first kappa shape index (κ1) is 17.1. The zero-order valence-corrected chi connectivity index (χ0v) is 14.6. The molecule has 4 heterocycles. The molecule has 4 aliphatic heterocycles. The third-order valence-corrected chi connectivity index (χ3v) is 6.57. The van der Waals surface area contributed by atoms with Gasteiger partial charge in [0.1, 0.15) is 0 Å². The number of hydrogen-bond acceptors (Lipinski definition) is 5. The molecule has 1 aliphatic carbocycles. The Morgan fingerprint density at radius 2 is 1.92 bits per heavy atom. The van der Waals surface area contributed by atoms with Crippen LogP contribution in [0.1, 0.15) is 47.0 Å². The van der Waals surface area contributed by atoms with E-state index in [2.05, 4.69) is 0 Å². The number of alkyl halides is 2.